The summed E-state index contributed by atoms with van der Waals surface area (Å²) in [5, 5.41) is 5.75. The number of rotatable bonds is 6. The number of fused-ring (bicyclic) bond motifs is 1. The molecule has 2 aromatic carbocycles. The van der Waals surface area contributed by atoms with E-state index in [1.54, 1.807) is 0 Å². The normalized spacial score (nSPS) is 11.0. The van der Waals surface area contributed by atoms with Crippen molar-refractivity contribution in [3.8, 4) is 5.75 Å². The van der Waals surface area contributed by atoms with Crippen LogP contribution in [0.5, 0.6) is 5.75 Å². The molecule has 4 nitrogen and oxygen atoms in total. The monoisotopic (exact) mass is 369 g/mol. The van der Waals surface area contributed by atoms with Gasteiger partial charge in [-0.1, -0.05) is 24.3 Å². The molecule has 0 fully saturated rings. The van der Waals surface area contributed by atoms with Crippen LogP contribution in [0.4, 0.5) is 11.5 Å². The number of pyridine rings is 2. The standard InChI is InChI=1S/C24H23N3O/c1-17(2)28-21-9-7-20(8-10-21)27-24-23-6-4-3-5-22(23)19(16-26-24)15-18-11-13-25-14-12-18/h3-14,16-17H,15H2,1-2H3,(H,26,27). The lowest BCUT2D eigenvalue weighted by Crippen LogP contribution is -2.05. The van der Waals surface area contributed by atoms with Crippen LogP contribution in [-0.2, 0) is 6.42 Å². The average molecular weight is 369 g/mol. The van der Waals surface area contributed by atoms with Crippen molar-refractivity contribution in [2.24, 2.45) is 0 Å². The SMILES string of the molecule is CC(C)Oc1ccc(Nc2ncc(Cc3ccncc3)c3ccccc23)cc1. The summed E-state index contributed by atoms with van der Waals surface area (Å²) < 4.78 is 5.71. The highest BCUT2D eigenvalue weighted by atomic mass is 16.5. The summed E-state index contributed by atoms with van der Waals surface area (Å²) >= 11 is 0. The molecule has 0 spiro atoms. The summed E-state index contributed by atoms with van der Waals surface area (Å²) in [4.78, 5) is 8.81. The molecule has 1 N–H and O–H groups in total. The van der Waals surface area contributed by atoms with Gasteiger partial charge >= 0.3 is 0 Å². The van der Waals surface area contributed by atoms with Crippen molar-refractivity contribution in [1.82, 2.24) is 9.97 Å². The van der Waals surface area contributed by atoms with Crippen LogP contribution in [0.25, 0.3) is 10.8 Å². The number of benzene rings is 2. The molecule has 0 saturated carbocycles. The smallest absolute Gasteiger partial charge is 0.138 e. The predicted molar refractivity (Wildman–Crippen MR) is 114 cm³/mol. The zero-order valence-electron chi connectivity index (χ0n) is 16.1. The van der Waals surface area contributed by atoms with Crippen molar-refractivity contribution in [3.63, 3.8) is 0 Å². The molecular formula is C24H23N3O. The number of ether oxygens (including phenoxy) is 1. The van der Waals surface area contributed by atoms with Crippen LogP contribution in [0.2, 0.25) is 0 Å². The fraction of sp³-hybridized carbons (Fsp3) is 0.167. The molecular weight excluding hydrogens is 346 g/mol. The average Bonchev–Trinajstić information content (AvgIpc) is 2.72. The van der Waals surface area contributed by atoms with Gasteiger partial charge in [0.25, 0.3) is 0 Å². The maximum atomic E-state index is 5.71. The summed E-state index contributed by atoms with van der Waals surface area (Å²) in [6.45, 7) is 4.05. The van der Waals surface area contributed by atoms with Crippen molar-refractivity contribution in [2.75, 3.05) is 5.32 Å². The molecule has 0 saturated heterocycles. The van der Waals surface area contributed by atoms with Crippen LogP contribution in [0.1, 0.15) is 25.0 Å². The Bertz CT molecular complexity index is 1060. The predicted octanol–water partition coefficient (Wildman–Crippen LogP) is 5.75. The van der Waals surface area contributed by atoms with E-state index < -0.39 is 0 Å². The first-order valence-electron chi connectivity index (χ1n) is 9.48. The molecule has 0 aliphatic rings. The van der Waals surface area contributed by atoms with Crippen LogP contribution >= 0.6 is 0 Å². The Morgan fingerprint density at radius 3 is 2.32 bits per heavy atom. The van der Waals surface area contributed by atoms with Gasteiger partial charge in [0.2, 0.25) is 0 Å². The molecule has 0 aliphatic carbocycles. The molecule has 0 amide bonds. The summed E-state index contributed by atoms with van der Waals surface area (Å²) in [5.74, 6) is 1.72. The van der Waals surface area contributed by atoms with Gasteiger partial charge in [0.1, 0.15) is 11.6 Å². The highest BCUT2D eigenvalue weighted by Gasteiger charge is 2.09. The van der Waals surface area contributed by atoms with E-state index in [1.807, 2.05) is 74.9 Å². The van der Waals surface area contributed by atoms with Crippen molar-refractivity contribution in [3.05, 3.63) is 90.4 Å². The van der Waals surface area contributed by atoms with Gasteiger partial charge in [-0.2, -0.15) is 0 Å². The minimum atomic E-state index is 0.164. The van der Waals surface area contributed by atoms with Gasteiger partial charge in [0, 0.05) is 29.7 Å². The quantitative estimate of drug-likeness (QED) is 0.470. The fourth-order valence-electron chi connectivity index (χ4n) is 3.24. The van der Waals surface area contributed by atoms with E-state index in [0.717, 1.165) is 29.1 Å². The molecule has 0 unspecified atom stereocenters. The third kappa shape index (κ3) is 4.12. The van der Waals surface area contributed by atoms with E-state index in [1.165, 1.54) is 16.5 Å². The molecule has 4 rings (SSSR count). The first kappa shape index (κ1) is 18.0. The number of hydrogen-bond acceptors (Lipinski definition) is 4. The van der Waals surface area contributed by atoms with Gasteiger partial charge in [-0.25, -0.2) is 4.98 Å². The maximum Gasteiger partial charge on any atom is 0.138 e. The van der Waals surface area contributed by atoms with E-state index in [9.17, 15) is 0 Å². The lowest BCUT2D eigenvalue weighted by Gasteiger charge is -2.13. The van der Waals surface area contributed by atoms with E-state index in [0.29, 0.717) is 0 Å². The van der Waals surface area contributed by atoms with Crippen LogP contribution in [0.3, 0.4) is 0 Å². The van der Waals surface area contributed by atoms with Gasteiger partial charge in [-0.05, 0) is 73.2 Å². The molecule has 2 aromatic heterocycles. The number of anilines is 2. The van der Waals surface area contributed by atoms with E-state index >= 15 is 0 Å². The Hall–Kier alpha value is -3.40. The third-order valence-electron chi connectivity index (χ3n) is 4.51. The number of nitrogens with zero attached hydrogens (tertiary/aromatic N) is 2. The molecule has 2 heterocycles. The second kappa shape index (κ2) is 8.09. The zero-order valence-corrected chi connectivity index (χ0v) is 16.1. The highest BCUT2D eigenvalue weighted by molar-refractivity contribution is 5.95. The Morgan fingerprint density at radius 1 is 0.893 bits per heavy atom. The van der Waals surface area contributed by atoms with Crippen molar-refractivity contribution in [2.45, 2.75) is 26.4 Å². The topological polar surface area (TPSA) is 47.0 Å². The van der Waals surface area contributed by atoms with Gasteiger partial charge in [-0.3, -0.25) is 4.98 Å². The summed E-state index contributed by atoms with van der Waals surface area (Å²) in [5.41, 5.74) is 3.41. The van der Waals surface area contributed by atoms with Gasteiger partial charge in [0.05, 0.1) is 6.10 Å². The van der Waals surface area contributed by atoms with Crippen molar-refractivity contribution in [1.29, 1.82) is 0 Å². The van der Waals surface area contributed by atoms with Gasteiger partial charge in [-0.15, -0.1) is 0 Å². The molecule has 4 aromatic rings. The first-order chi connectivity index (χ1) is 13.7. The number of aromatic nitrogens is 2. The third-order valence-corrected chi connectivity index (χ3v) is 4.51. The van der Waals surface area contributed by atoms with E-state index in [-0.39, 0.29) is 6.10 Å². The highest BCUT2D eigenvalue weighted by Crippen LogP contribution is 2.29. The molecule has 4 heteroatoms. The maximum absolute atomic E-state index is 5.71. The molecule has 0 aliphatic heterocycles. The Labute approximate surface area is 165 Å². The number of hydrogen-bond donors (Lipinski definition) is 1. The minimum Gasteiger partial charge on any atom is -0.491 e. The van der Waals surface area contributed by atoms with E-state index in [4.69, 9.17) is 9.72 Å². The fourth-order valence-corrected chi connectivity index (χ4v) is 3.24. The minimum absolute atomic E-state index is 0.164. The van der Waals surface area contributed by atoms with Crippen LogP contribution in [0.15, 0.2) is 79.3 Å². The van der Waals surface area contributed by atoms with Crippen LogP contribution in [0, 0.1) is 0 Å². The van der Waals surface area contributed by atoms with Crippen LogP contribution < -0.4 is 10.1 Å². The molecule has 28 heavy (non-hydrogen) atoms. The van der Waals surface area contributed by atoms with Gasteiger partial charge in [0.15, 0.2) is 0 Å². The van der Waals surface area contributed by atoms with Gasteiger partial charge < -0.3 is 10.1 Å². The Morgan fingerprint density at radius 2 is 1.61 bits per heavy atom. The van der Waals surface area contributed by atoms with Crippen LogP contribution in [-0.4, -0.2) is 16.1 Å². The second-order valence-electron chi connectivity index (χ2n) is 7.03. The molecule has 140 valence electrons. The Kier molecular flexibility index (Phi) is 5.20. The van der Waals surface area contributed by atoms with Crippen molar-refractivity contribution >= 4 is 22.3 Å². The molecule has 0 atom stereocenters. The molecule has 0 bridgehead atoms. The summed E-state index contributed by atoms with van der Waals surface area (Å²) in [7, 11) is 0. The summed E-state index contributed by atoms with van der Waals surface area (Å²) in [6.07, 6.45) is 6.61. The van der Waals surface area contributed by atoms with E-state index in [2.05, 4.69) is 28.5 Å². The Balaban J connectivity index is 1.62. The second-order valence-corrected chi connectivity index (χ2v) is 7.03. The lowest BCUT2D eigenvalue weighted by molar-refractivity contribution is 0.242. The van der Waals surface area contributed by atoms with Crippen molar-refractivity contribution < 1.29 is 4.74 Å². The zero-order chi connectivity index (χ0) is 19.3. The first-order valence-corrected chi connectivity index (χ1v) is 9.48. The number of nitrogens with one attached hydrogen (secondary N) is 1. The lowest BCUT2D eigenvalue weighted by atomic mass is 10.0. The largest absolute Gasteiger partial charge is 0.491 e. The molecule has 0 radical (unpaired) electrons. The summed E-state index contributed by atoms with van der Waals surface area (Å²) in [6, 6.07) is 20.4.